The number of aromatic nitrogens is 2. The molecule has 310 valence electrons. The molecule has 2 aliphatic rings. The molecular weight excluding hydrogens is 745 g/mol. The lowest BCUT2D eigenvalue weighted by atomic mass is 9.95. The number of unbranched alkanes of at least 4 members (excludes halogenated alkanes) is 1. The Hall–Kier alpha value is -5.73. The van der Waals surface area contributed by atoms with Gasteiger partial charge in [0.15, 0.2) is 0 Å². The minimum Gasteiger partial charge on any atom is -0.383 e. The third-order valence-electron chi connectivity index (χ3n) is 12.7. The van der Waals surface area contributed by atoms with Crippen LogP contribution < -0.4 is 10.7 Å². The van der Waals surface area contributed by atoms with Crippen molar-refractivity contribution in [2.75, 3.05) is 26.8 Å². The lowest BCUT2D eigenvalue weighted by Gasteiger charge is -2.34. The number of hydrogen-bond acceptors (Lipinski definition) is 4. The Bertz CT molecular complexity index is 2630. The van der Waals surface area contributed by atoms with Crippen LogP contribution in [0, 0.1) is 0 Å². The summed E-state index contributed by atoms with van der Waals surface area (Å²) >= 11 is 0. The summed E-state index contributed by atoms with van der Waals surface area (Å²) < 4.78 is 10.3. The van der Waals surface area contributed by atoms with Crippen molar-refractivity contribution in [3.05, 3.63) is 118 Å². The van der Waals surface area contributed by atoms with Crippen molar-refractivity contribution in [3.8, 4) is 0 Å². The Morgan fingerprint density at radius 3 is 1.52 bits per heavy atom. The zero-order chi connectivity index (χ0) is 42.1. The van der Waals surface area contributed by atoms with Crippen LogP contribution in [0.3, 0.4) is 0 Å². The number of allylic oxidation sites excluding steroid dienone is 5. The first-order valence-electron chi connectivity index (χ1n) is 22.1. The maximum absolute atomic E-state index is 14.7. The van der Waals surface area contributed by atoms with Crippen molar-refractivity contribution in [2.24, 2.45) is 0 Å². The Balaban J connectivity index is 1.39. The predicted molar refractivity (Wildman–Crippen MR) is 246 cm³/mol. The van der Waals surface area contributed by atoms with Crippen LogP contribution in [0.1, 0.15) is 98.1 Å². The van der Waals surface area contributed by atoms with Gasteiger partial charge in [-0.15, -0.1) is 0 Å². The molecule has 1 saturated carbocycles. The third-order valence-corrected chi connectivity index (χ3v) is 12.7. The van der Waals surface area contributed by atoms with Crippen LogP contribution in [0.4, 0.5) is 4.79 Å². The monoisotopic (exact) mass is 802 g/mol. The molecule has 6 aromatic rings. The quantitative estimate of drug-likeness (QED) is 0.0812. The number of carbonyl (C=O) groups excluding carboxylic acids is 3. The molecule has 4 aromatic carbocycles. The van der Waals surface area contributed by atoms with E-state index in [1.54, 1.807) is 7.11 Å². The van der Waals surface area contributed by atoms with Crippen molar-refractivity contribution < 1.29 is 19.1 Å². The number of methoxy groups -OCH3 is 1. The molecule has 2 fully saturated rings. The minimum atomic E-state index is -0.576. The Morgan fingerprint density at radius 1 is 0.600 bits per heavy atom. The third kappa shape index (κ3) is 7.08. The van der Waals surface area contributed by atoms with Gasteiger partial charge in [-0.2, -0.15) is 0 Å². The number of rotatable bonds is 14. The van der Waals surface area contributed by atoms with E-state index in [1.807, 2.05) is 6.92 Å². The highest BCUT2D eigenvalue weighted by Crippen LogP contribution is 2.41. The number of hydrogen-bond donors (Lipinski definition) is 0. The van der Waals surface area contributed by atoms with Gasteiger partial charge < -0.3 is 13.9 Å². The molecule has 4 amide bonds. The standard InChI is InChI=1S/C52H58N4O4/c1-7-10-31-53-50(57)49(51(58)54(52(53)59)32-33-60-6)46-38(27-29-42-40-21-11-17-36-19-13-23-44(47(36)40)55(42)34(4)15-8-2)25-26-39(46)28-30-43-41-22-12-18-37-20-14-24-45(48(37)41)56(43)35(5)16-9-3/h11-14,17-24,27-30,34-35H,7-10,15-16,25-26,31-33H2,1-6H3/b38-27+,39-28+,42-29+,43-30+,49-46?. The van der Waals surface area contributed by atoms with E-state index in [9.17, 15) is 14.4 Å². The number of imide groups is 2. The average Bonchev–Trinajstić information content (AvgIpc) is 3.91. The van der Waals surface area contributed by atoms with Crippen LogP contribution in [0.5, 0.6) is 0 Å². The Labute approximate surface area is 353 Å². The normalized spacial score (nSPS) is 18.5. The maximum atomic E-state index is 14.7. The number of amides is 4. The van der Waals surface area contributed by atoms with E-state index in [2.05, 4.69) is 134 Å². The van der Waals surface area contributed by atoms with E-state index in [0.717, 1.165) is 53.9 Å². The summed E-state index contributed by atoms with van der Waals surface area (Å²) in [6.07, 6.45) is 15.6. The number of nitrogens with zero attached hydrogens (tertiary/aromatic N) is 4. The second-order valence-electron chi connectivity index (χ2n) is 16.7. The fourth-order valence-electron chi connectivity index (χ4n) is 9.90. The van der Waals surface area contributed by atoms with Crippen molar-refractivity contribution in [3.63, 3.8) is 0 Å². The van der Waals surface area contributed by atoms with E-state index >= 15 is 0 Å². The number of ether oxygens (including phenoxy) is 1. The second-order valence-corrected chi connectivity index (χ2v) is 16.7. The molecule has 8 nitrogen and oxygen atoms in total. The van der Waals surface area contributed by atoms with Gasteiger partial charge in [0.25, 0.3) is 11.8 Å². The maximum Gasteiger partial charge on any atom is 0.334 e. The molecule has 0 bridgehead atoms. The molecule has 2 atom stereocenters. The van der Waals surface area contributed by atoms with E-state index in [0.29, 0.717) is 24.8 Å². The van der Waals surface area contributed by atoms with E-state index < -0.39 is 17.8 Å². The van der Waals surface area contributed by atoms with E-state index in [-0.39, 0.29) is 37.4 Å². The van der Waals surface area contributed by atoms with Gasteiger partial charge in [-0.25, -0.2) is 4.79 Å². The van der Waals surface area contributed by atoms with Gasteiger partial charge in [-0.05, 0) is 97.7 Å². The van der Waals surface area contributed by atoms with Crippen molar-refractivity contribution in [2.45, 2.75) is 98.1 Å². The lowest BCUT2D eigenvalue weighted by Crippen LogP contribution is -2.57. The molecule has 8 rings (SSSR count). The molecule has 0 N–H and O–H groups in total. The SMILES string of the molecule is CCCCN1C(=O)C(=C2/C(=C/C=c3\c4cccc5cccc(c54)n3C(C)CCC)CC/C2=C\C=c2/c3cccc4cccc(c43)n2C(C)CCC)C(=O)N(CCOC)C1=O. The number of carbonyl (C=O) groups is 3. The molecular formula is C52H58N4O4. The molecule has 0 radical (unpaired) electrons. The summed E-state index contributed by atoms with van der Waals surface area (Å²) in [4.78, 5) is 45.7. The molecule has 8 heteroatoms. The highest BCUT2D eigenvalue weighted by atomic mass is 16.5. The summed E-state index contributed by atoms with van der Waals surface area (Å²) in [5.41, 5.74) is 4.95. The van der Waals surface area contributed by atoms with Crippen LogP contribution in [-0.2, 0) is 14.3 Å². The van der Waals surface area contributed by atoms with E-state index in [4.69, 9.17) is 4.74 Å². The molecule has 3 heterocycles. The highest BCUT2D eigenvalue weighted by molar-refractivity contribution is 6.30. The molecule has 60 heavy (non-hydrogen) atoms. The summed E-state index contributed by atoms with van der Waals surface area (Å²) in [5.74, 6) is -1.08. The van der Waals surface area contributed by atoms with Gasteiger partial charge in [0.1, 0.15) is 5.57 Å². The van der Waals surface area contributed by atoms with Crippen LogP contribution in [-0.4, -0.2) is 63.6 Å². The van der Waals surface area contributed by atoms with Gasteiger partial charge in [-0.3, -0.25) is 19.4 Å². The van der Waals surface area contributed by atoms with Gasteiger partial charge in [-0.1, -0.05) is 113 Å². The molecule has 1 aliphatic carbocycles. The highest BCUT2D eigenvalue weighted by Gasteiger charge is 2.44. The molecule has 2 unspecified atom stereocenters. The summed E-state index contributed by atoms with van der Waals surface area (Å²) in [5, 5.41) is 9.48. The Morgan fingerprint density at radius 2 is 1.07 bits per heavy atom. The predicted octanol–water partition coefficient (Wildman–Crippen LogP) is 10.5. The number of barbiturate groups is 1. The van der Waals surface area contributed by atoms with Gasteiger partial charge >= 0.3 is 6.03 Å². The first-order valence-corrected chi connectivity index (χ1v) is 22.1. The van der Waals surface area contributed by atoms with Crippen molar-refractivity contribution in [1.29, 1.82) is 0 Å². The summed E-state index contributed by atoms with van der Waals surface area (Å²) in [6.45, 7) is 11.5. The summed E-state index contributed by atoms with van der Waals surface area (Å²) in [6, 6.07) is 26.0. The van der Waals surface area contributed by atoms with Gasteiger partial charge in [0, 0.05) is 69.0 Å². The summed E-state index contributed by atoms with van der Waals surface area (Å²) in [7, 11) is 1.55. The average molecular weight is 803 g/mol. The van der Waals surface area contributed by atoms with Gasteiger partial charge in [0.05, 0.1) is 13.2 Å². The topological polar surface area (TPSA) is 76.8 Å². The van der Waals surface area contributed by atoms with Crippen LogP contribution in [0.25, 0.3) is 55.5 Å². The zero-order valence-corrected chi connectivity index (χ0v) is 36.1. The van der Waals surface area contributed by atoms with Crippen molar-refractivity contribution >= 4 is 73.3 Å². The van der Waals surface area contributed by atoms with Crippen molar-refractivity contribution in [1.82, 2.24) is 18.9 Å². The molecule has 2 aromatic heterocycles. The Kier molecular flexibility index (Phi) is 11.9. The molecule has 0 spiro atoms. The second kappa shape index (κ2) is 17.5. The first-order chi connectivity index (χ1) is 29.2. The smallest absolute Gasteiger partial charge is 0.334 e. The lowest BCUT2D eigenvalue weighted by molar-refractivity contribution is -0.136. The fraction of sp³-hybridized carbons (Fsp3) is 0.365. The minimum absolute atomic E-state index is 0.0616. The van der Waals surface area contributed by atoms with Crippen LogP contribution in [0.15, 0.2) is 107 Å². The van der Waals surface area contributed by atoms with E-state index in [1.165, 1.54) is 53.2 Å². The first kappa shape index (κ1) is 41.0. The number of benzene rings is 4. The zero-order valence-electron chi connectivity index (χ0n) is 36.1. The van der Waals surface area contributed by atoms with Crippen LogP contribution >= 0.6 is 0 Å². The largest absolute Gasteiger partial charge is 0.383 e. The van der Waals surface area contributed by atoms with Crippen LogP contribution in [0.2, 0.25) is 0 Å². The number of urea groups is 1. The van der Waals surface area contributed by atoms with Gasteiger partial charge in [0.2, 0.25) is 0 Å². The molecule has 1 aliphatic heterocycles. The molecule has 1 saturated heterocycles. The fourth-order valence-corrected chi connectivity index (χ4v) is 9.90.